The van der Waals surface area contributed by atoms with Crippen molar-refractivity contribution >= 4 is 21.4 Å². The summed E-state index contributed by atoms with van der Waals surface area (Å²) in [6.45, 7) is -0.503. The molecule has 3 aromatic rings. The second-order valence-corrected chi connectivity index (χ2v) is 6.42. The van der Waals surface area contributed by atoms with Crippen LogP contribution in [0.15, 0.2) is 23.3 Å². The fraction of sp³-hybridized carbons (Fsp3) is 0.286. The van der Waals surface area contributed by atoms with Crippen LogP contribution in [0.1, 0.15) is 11.3 Å². The van der Waals surface area contributed by atoms with Gasteiger partial charge >= 0.3 is 0 Å². The second-order valence-electron chi connectivity index (χ2n) is 5.37. The molecule has 3 aromatic heterocycles. The normalized spacial score (nSPS) is 21.0. The van der Waals surface area contributed by atoms with Crippen LogP contribution in [-0.4, -0.2) is 33.3 Å². The van der Waals surface area contributed by atoms with Crippen molar-refractivity contribution in [1.29, 1.82) is 0 Å². The molecule has 0 bridgehead atoms. The van der Waals surface area contributed by atoms with E-state index in [1.165, 1.54) is 11.3 Å². The maximum absolute atomic E-state index is 13.3. The maximum Gasteiger partial charge on any atom is 0.274 e. The minimum atomic E-state index is -3.07. The van der Waals surface area contributed by atoms with E-state index in [0.29, 0.717) is 15.6 Å². The predicted molar refractivity (Wildman–Crippen MR) is 79.6 cm³/mol. The first-order valence-electron chi connectivity index (χ1n) is 6.77. The lowest BCUT2D eigenvalue weighted by atomic mass is 9.92. The number of thiophene rings is 1. The highest BCUT2D eigenvalue weighted by molar-refractivity contribution is 7.22. The third kappa shape index (κ3) is 2.04. The Morgan fingerprint density at radius 1 is 1.48 bits per heavy atom. The lowest BCUT2D eigenvalue weighted by Crippen LogP contribution is -2.44. The van der Waals surface area contributed by atoms with Crippen molar-refractivity contribution in [2.24, 2.45) is 0 Å². The number of nitrogens with one attached hydrogen (secondary N) is 2. The van der Waals surface area contributed by atoms with Gasteiger partial charge in [0, 0.05) is 27.6 Å². The van der Waals surface area contributed by atoms with E-state index in [0.717, 1.165) is 10.4 Å². The van der Waals surface area contributed by atoms with Gasteiger partial charge in [-0.3, -0.25) is 9.89 Å². The minimum absolute atomic E-state index is 0.0548. The number of aliphatic hydroxyl groups is 1. The summed E-state index contributed by atoms with van der Waals surface area (Å²) >= 11 is 1.23. The topological polar surface area (TPSA) is 91.0 Å². The Morgan fingerprint density at radius 2 is 2.30 bits per heavy atom. The van der Waals surface area contributed by atoms with Crippen molar-refractivity contribution in [1.82, 2.24) is 15.2 Å². The molecule has 0 amide bonds. The number of hydrogen-bond donors (Lipinski definition) is 3. The van der Waals surface area contributed by atoms with Crippen molar-refractivity contribution in [2.75, 3.05) is 6.61 Å². The molecule has 1 atom stereocenters. The summed E-state index contributed by atoms with van der Waals surface area (Å²) in [5.41, 5.74) is -1.98. The van der Waals surface area contributed by atoms with E-state index >= 15 is 0 Å². The van der Waals surface area contributed by atoms with Gasteiger partial charge in [-0.15, -0.1) is 11.3 Å². The Morgan fingerprint density at radius 3 is 3.00 bits per heavy atom. The van der Waals surface area contributed by atoms with Gasteiger partial charge in [0.1, 0.15) is 4.70 Å². The van der Waals surface area contributed by atoms with E-state index in [9.17, 15) is 18.7 Å². The van der Waals surface area contributed by atoms with Crippen LogP contribution in [0, 0.1) is 0 Å². The third-order valence-corrected chi connectivity index (χ3v) is 5.13. The van der Waals surface area contributed by atoms with Crippen LogP contribution >= 0.6 is 11.3 Å². The first-order chi connectivity index (χ1) is 11.0. The van der Waals surface area contributed by atoms with Crippen LogP contribution in [0.3, 0.4) is 0 Å². The summed E-state index contributed by atoms with van der Waals surface area (Å²) in [5, 5.41) is 17.3. The largest absolute Gasteiger partial charge is 0.376 e. The maximum atomic E-state index is 13.3. The molecule has 0 fully saturated rings. The molecule has 4 heterocycles. The van der Waals surface area contributed by atoms with E-state index in [4.69, 9.17) is 4.74 Å². The van der Waals surface area contributed by atoms with Crippen LogP contribution in [0.5, 0.6) is 0 Å². The fourth-order valence-corrected chi connectivity index (χ4v) is 3.83. The van der Waals surface area contributed by atoms with Crippen LogP contribution in [0.4, 0.5) is 8.78 Å². The second kappa shape index (κ2) is 4.95. The van der Waals surface area contributed by atoms with E-state index < -0.39 is 24.2 Å². The smallest absolute Gasteiger partial charge is 0.274 e. The molecule has 0 saturated heterocycles. The van der Waals surface area contributed by atoms with E-state index in [1.54, 1.807) is 18.5 Å². The monoisotopic (exact) mass is 339 g/mol. The molecule has 4 rings (SSSR count). The van der Waals surface area contributed by atoms with Gasteiger partial charge in [-0.2, -0.15) is 5.10 Å². The number of aromatic amines is 2. The van der Waals surface area contributed by atoms with Crippen molar-refractivity contribution in [3.8, 4) is 10.4 Å². The van der Waals surface area contributed by atoms with Gasteiger partial charge in [0.2, 0.25) is 0 Å². The molecule has 6 nitrogen and oxygen atoms in total. The van der Waals surface area contributed by atoms with Gasteiger partial charge in [-0.25, -0.2) is 8.78 Å². The quantitative estimate of drug-likeness (QED) is 0.666. The van der Waals surface area contributed by atoms with Gasteiger partial charge in [-0.05, 0) is 6.07 Å². The summed E-state index contributed by atoms with van der Waals surface area (Å²) in [7, 11) is 0. The molecule has 9 heteroatoms. The number of rotatable bonds is 2. The molecule has 0 saturated carbocycles. The molecule has 0 unspecified atom stereocenters. The summed E-state index contributed by atoms with van der Waals surface area (Å²) in [6, 6.07) is 1.74. The minimum Gasteiger partial charge on any atom is -0.376 e. The third-order valence-electron chi connectivity index (χ3n) is 3.95. The first kappa shape index (κ1) is 14.5. The molecule has 1 aliphatic heterocycles. The zero-order valence-corrected chi connectivity index (χ0v) is 12.4. The summed E-state index contributed by atoms with van der Waals surface area (Å²) in [5.74, 6) is 0. The first-order valence-corrected chi connectivity index (χ1v) is 7.59. The van der Waals surface area contributed by atoms with Crippen LogP contribution in [0.25, 0.3) is 20.5 Å². The van der Waals surface area contributed by atoms with Crippen LogP contribution in [-0.2, 0) is 16.9 Å². The highest BCUT2D eigenvalue weighted by Gasteiger charge is 2.45. The Balaban J connectivity index is 2.01. The van der Waals surface area contributed by atoms with Gasteiger partial charge in [0.25, 0.3) is 12.0 Å². The van der Waals surface area contributed by atoms with Crippen LogP contribution < -0.4 is 5.56 Å². The molecule has 0 spiro atoms. The SMILES string of the molecule is O=c1[nH]c2c(c3cc(-c4cn[nH]c4)sc13)COC[C@@]2(O)C(F)F. The summed E-state index contributed by atoms with van der Waals surface area (Å²) < 4.78 is 32.1. The van der Waals surface area contributed by atoms with Gasteiger partial charge in [0.15, 0.2) is 5.60 Å². The number of fused-ring (bicyclic) bond motifs is 3. The number of aromatic nitrogens is 3. The number of pyridine rings is 1. The van der Waals surface area contributed by atoms with Crippen molar-refractivity contribution in [3.63, 3.8) is 0 Å². The molecule has 0 aliphatic carbocycles. The standard InChI is InChI=1S/C14H11F2N3O3S/c15-13(16)14(21)5-22-4-8-7-1-9(6-2-17-18-3-6)23-10(7)12(20)19-11(8)14/h1-3,13,21H,4-5H2,(H,17,18)(H,19,20)/t14-/m0/s1. The number of alkyl halides is 2. The Hall–Kier alpha value is -2.10. The number of halogens is 2. The lowest BCUT2D eigenvalue weighted by molar-refractivity contribution is -0.159. The molecule has 0 aromatic carbocycles. The van der Waals surface area contributed by atoms with Crippen molar-refractivity contribution in [2.45, 2.75) is 18.6 Å². The summed E-state index contributed by atoms with van der Waals surface area (Å²) in [4.78, 5) is 15.5. The lowest BCUT2D eigenvalue weighted by Gasteiger charge is -2.33. The zero-order chi connectivity index (χ0) is 16.2. The number of nitrogens with zero attached hydrogens (tertiary/aromatic N) is 1. The van der Waals surface area contributed by atoms with Crippen molar-refractivity contribution < 1.29 is 18.6 Å². The van der Waals surface area contributed by atoms with Gasteiger partial charge < -0.3 is 14.8 Å². The molecule has 3 N–H and O–H groups in total. The van der Waals surface area contributed by atoms with E-state index in [-0.39, 0.29) is 12.3 Å². The highest BCUT2D eigenvalue weighted by atomic mass is 32.1. The Kier molecular flexibility index (Phi) is 3.12. The Labute approximate surface area is 131 Å². The zero-order valence-electron chi connectivity index (χ0n) is 11.6. The fourth-order valence-electron chi connectivity index (χ4n) is 2.76. The van der Waals surface area contributed by atoms with E-state index in [1.807, 2.05) is 0 Å². The molecule has 120 valence electrons. The molecular weight excluding hydrogens is 328 g/mol. The average Bonchev–Trinajstić information content (AvgIpc) is 3.17. The number of hydrogen-bond acceptors (Lipinski definition) is 5. The number of H-pyrrole nitrogens is 2. The summed E-state index contributed by atoms with van der Waals surface area (Å²) in [6.07, 6.45) is 0.218. The predicted octanol–water partition coefficient (Wildman–Crippen LogP) is 1.96. The van der Waals surface area contributed by atoms with Gasteiger partial charge in [0.05, 0.1) is 25.1 Å². The van der Waals surface area contributed by atoms with Gasteiger partial charge in [-0.1, -0.05) is 0 Å². The van der Waals surface area contributed by atoms with Crippen molar-refractivity contribution in [3.05, 3.63) is 40.1 Å². The molecular formula is C14H11F2N3O3S. The number of ether oxygens (including phenoxy) is 1. The Bertz CT molecular complexity index is 935. The van der Waals surface area contributed by atoms with Crippen LogP contribution in [0.2, 0.25) is 0 Å². The molecule has 23 heavy (non-hydrogen) atoms. The average molecular weight is 339 g/mol. The molecule has 0 radical (unpaired) electrons. The highest BCUT2D eigenvalue weighted by Crippen LogP contribution is 2.39. The van der Waals surface area contributed by atoms with E-state index in [2.05, 4.69) is 15.2 Å². The molecule has 1 aliphatic rings.